The lowest BCUT2D eigenvalue weighted by atomic mass is 10.1. The predicted octanol–water partition coefficient (Wildman–Crippen LogP) is 5.71. The lowest BCUT2D eigenvalue weighted by Crippen LogP contribution is -1.93. The van der Waals surface area contributed by atoms with Gasteiger partial charge in [-0.3, -0.25) is 0 Å². The molecule has 0 aliphatic heterocycles. The van der Waals surface area contributed by atoms with Crippen molar-refractivity contribution >= 4 is 21.8 Å². The first-order chi connectivity index (χ1) is 10.6. The van der Waals surface area contributed by atoms with E-state index >= 15 is 0 Å². The summed E-state index contributed by atoms with van der Waals surface area (Å²) in [6.45, 7) is 6.44. The van der Waals surface area contributed by atoms with Gasteiger partial charge in [-0.05, 0) is 57.2 Å². The third-order valence-corrected chi connectivity index (χ3v) is 4.37. The molecule has 1 aromatic heterocycles. The van der Waals surface area contributed by atoms with Crippen LogP contribution in [0.15, 0.2) is 60.7 Å². The first-order valence-electron chi connectivity index (χ1n) is 7.72. The van der Waals surface area contributed by atoms with E-state index in [0.29, 0.717) is 0 Å². The second-order valence-corrected chi connectivity index (χ2v) is 6.21. The molecule has 0 saturated heterocycles. The lowest BCUT2D eigenvalue weighted by molar-refractivity contribution is 1.17. The molecule has 3 aromatic carbocycles. The maximum Gasteiger partial charge on any atom is 0.0541 e. The molecule has 0 fully saturated rings. The van der Waals surface area contributed by atoms with E-state index in [9.17, 15) is 0 Å². The van der Waals surface area contributed by atoms with Crippen molar-refractivity contribution in [2.45, 2.75) is 20.8 Å². The van der Waals surface area contributed by atoms with Crippen LogP contribution in [0.1, 0.15) is 16.7 Å². The van der Waals surface area contributed by atoms with Crippen molar-refractivity contribution in [2.24, 2.45) is 0 Å². The average Bonchev–Trinajstić information content (AvgIpc) is 2.81. The van der Waals surface area contributed by atoms with Gasteiger partial charge in [0.25, 0.3) is 0 Å². The van der Waals surface area contributed by atoms with Crippen LogP contribution in [0.5, 0.6) is 0 Å². The molecule has 1 nitrogen and oxygen atoms in total. The van der Waals surface area contributed by atoms with Gasteiger partial charge in [-0.2, -0.15) is 0 Å². The second kappa shape index (κ2) is 4.74. The topological polar surface area (TPSA) is 4.93 Å². The van der Waals surface area contributed by atoms with Crippen LogP contribution in [0.3, 0.4) is 0 Å². The molecule has 0 saturated carbocycles. The molecule has 0 amide bonds. The molecule has 0 N–H and O–H groups in total. The Morgan fingerprint density at radius 1 is 0.545 bits per heavy atom. The van der Waals surface area contributed by atoms with E-state index in [0.717, 1.165) is 0 Å². The molecule has 0 spiro atoms. The van der Waals surface area contributed by atoms with Crippen LogP contribution in [-0.4, -0.2) is 4.57 Å². The highest BCUT2D eigenvalue weighted by Crippen LogP contribution is 2.33. The summed E-state index contributed by atoms with van der Waals surface area (Å²) in [5.74, 6) is 0. The summed E-state index contributed by atoms with van der Waals surface area (Å²) in [7, 11) is 0. The van der Waals surface area contributed by atoms with Gasteiger partial charge in [-0.1, -0.05) is 41.0 Å². The fourth-order valence-corrected chi connectivity index (χ4v) is 3.22. The molecule has 22 heavy (non-hydrogen) atoms. The summed E-state index contributed by atoms with van der Waals surface area (Å²) in [5, 5.41) is 2.67. The summed E-state index contributed by atoms with van der Waals surface area (Å²) in [5.41, 5.74) is 7.66. The Kier molecular flexibility index (Phi) is 2.83. The van der Waals surface area contributed by atoms with Gasteiger partial charge in [-0.15, -0.1) is 0 Å². The zero-order chi connectivity index (χ0) is 15.3. The maximum atomic E-state index is 2.36. The van der Waals surface area contributed by atoms with Crippen molar-refractivity contribution in [1.82, 2.24) is 4.57 Å². The van der Waals surface area contributed by atoms with Crippen LogP contribution < -0.4 is 0 Å². The van der Waals surface area contributed by atoms with Gasteiger partial charge in [0.1, 0.15) is 0 Å². The molecule has 4 rings (SSSR count). The van der Waals surface area contributed by atoms with E-state index in [1.165, 1.54) is 44.2 Å². The quantitative estimate of drug-likeness (QED) is 0.422. The second-order valence-electron chi connectivity index (χ2n) is 6.21. The van der Waals surface area contributed by atoms with E-state index in [4.69, 9.17) is 0 Å². The van der Waals surface area contributed by atoms with Crippen molar-refractivity contribution in [2.75, 3.05) is 0 Å². The number of fused-ring (bicyclic) bond motifs is 3. The minimum absolute atomic E-state index is 1.22. The summed E-state index contributed by atoms with van der Waals surface area (Å²) in [4.78, 5) is 0. The largest absolute Gasteiger partial charge is 0.309 e. The summed E-state index contributed by atoms with van der Waals surface area (Å²) >= 11 is 0. The fraction of sp³-hybridized carbons (Fsp3) is 0.143. The van der Waals surface area contributed by atoms with Crippen LogP contribution in [0.25, 0.3) is 27.5 Å². The van der Waals surface area contributed by atoms with E-state index in [1.54, 1.807) is 0 Å². The standard InChI is InChI=1S/C21H19N/c1-14-4-8-17(9-5-14)22-20-10-6-15(2)12-18(20)19-13-16(3)7-11-21(19)22/h4-13H,1-3H3. The Hall–Kier alpha value is -2.54. The summed E-state index contributed by atoms with van der Waals surface area (Å²) in [6, 6.07) is 22.2. The number of rotatable bonds is 1. The Bertz CT molecular complexity index is 929. The van der Waals surface area contributed by atoms with Gasteiger partial charge in [0.15, 0.2) is 0 Å². The zero-order valence-electron chi connectivity index (χ0n) is 13.2. The van der Waals surface area contributed by atoms with E-state index in [1.807, 2.05) is 0 Å². The first kappa shape index (κ1) is 13.1. The molecule has 4 aromatic rings. The van der Waals surface area contributed by atoms with Crippen LogP contribution in [0.2, 0.25) is 0 Å². The van der Waals surface area contributed by atoms with E-state index in [2.05, 4.69) is 86.0 Å². The number of aryl methyl sites for hydroxylation is 3. The van der Waals surface area contributed by atoms with Crippen LogP contribution in [-0.2, 0) is 0 Å². The van der Waals surface area contributed by atoms with Crippen molar-refractivity contribution < 1.29 is 0 Å². The fourth-order valence-electron chi connectivity index (χ4n) is 3.22. The molecule has 0 bridgehead atoms. The molecular formula is C21H19N. The summed E-state index contributed by atoms with van der Waals surface area (Å²) < 4.78 is 2.36. The molecule has 1 heterocycles. The van der Waals surface area contributed by atoms with E-state index in [-0.39, 0.29) is 0 Å². The molecule has 0 radical (unpaired) electrons. The van der Waals surface area contributed by atoms with Crippen molar-refractivity contribution in [1.29, 1.82) is 0 Å². The Morgan fingerprint density at radius 3 is 1.50 bits per heavy atom. The first-order valence-corrected chi connectivity index (χ1v) is 7.72. The van der Waals surface area contributed by atoms with Gasteiger partial charge in [0, 0.05) is 16.5 Å². The number of nitrogens with zero attached hydrogens (tertiary/aromatic N) is 1. The Morgan fingerprint density at radius 2 is 1.00 bits per heavy atom. The Balaban J connectivity index is 2.17. The van der Waals surface area contributed by atoms with Crippen LogP contribution >= 0.6 is 0 Å². The molecule has 0 atom stereocenters. The van der Waals surface area contributed by atoms with Crippen LogP contribution in [0.4, 0.5) is 0 Å². The number of hydrogen-bond acceptors (Lipinski definition) is 0. The third kappa shape index (κ3) is 1.93. The molecular weight excluding hydrogens is 266 g/mol. The monoisotopic (exact) mass is 285 g/mol. The average molecular weight is 285 g/mol. The van der Waals surface area contributed by atoms with E-state index < -0.39 is 0 Å². The smallest absolute Gasteiger partial charge is 0.0541 e. The minimum atomic E-state index is 1.22. The molecule has 108 valence electrons. The molecule has 0 aliphatic rings. The maximum absolute atomic E-state index is 2.36. The van der Waals surface area contributed by atoms with Crippen molar-refractivity contribution in [3.8, 4) is 5.69 Å². The van der Waals surface area contributed by atoms with Gasteiger partial charge < -0.3 is 4.57 Å². The normalized spacial score (nSPS) is 11.4. The highest BCUT2D eigenvalue weighted by Gasteiger charge is 2.12. The number of benzene rings is 3. The van der Waals surface area contributed by atoms with Gasteiger partial charge in [-0.25, -0.2) is 0 Å². The minimum Gasteiger partial charge on any atom is -0.309 e. The van der Waals surface area contributed by atoms with Gasteiger partial charge in [0.05, 0.1) is 11.0 Å². The van der Waals surface area contributed by atoms with Crippen molar-refractivity contribution in [3.63, 3.8) is 0 Å². The third-order valence-electron chi connectivity index (χ3n) is 4.37. The zero-order valence-corrected chi connectivity index (χ0v) is 13.2. The number of aromatic nitrogens is 1. The summed E-state index contributed by atoms with van der Waals surface area (Å²) in [6.07, 6.45) is 0. The van der Waals surface area contributed by atoms with Gasteiger partial charge in [0.2, 0.25) is 0 Å². The van der Waals surface area contributed by atoms with Gasteiger partial charge >= 0.3 is 0 Å². The SMILES string of the molecule is Cc1ccc(-n2c3ccc(C)cc3c3cc(C)ccc32)cc1. The Labute approximate surface area is 130 Å². The highest BCUT2D eigenvalue weighted by atomic mass is 15.0. The molecule has 1 heteroatoms. The molecule has 0 unspecified atom stereocenters. The van der Waals surface area contributed by atoms with Crippen molar-refractivity contribution in [3.05, 3.63) is 77.4 Å². The van der Waals surface area contributed by atoms with Crippen LogP contribution in [0, 0.1) is 20.8 Å². The number of hydrogen-bond donors (Lipinski definition) is 0. The molecule has 0 aliphatic carbocycles. The lowest BCUT2D eigenvalue weighted by Gasteiger charge is -2.08. The predicted molar refractivity (Wildman–Crippen MR) is 95.0 cm³/mol. The highest BCUT2D eigenvalue weighted by molar-refractivity contribution is 6.09.